The Morgan fingerprint density at radius 3 is 2.52 bits per heavy atom. The van der Waals surface area contributed by atoms with Gasteiger partial charge in [0.2, 0.25) is 0 Å². The Labute approximate surface area is 167 Å². The van der Waals surface area contributed by atoms with Gasteiger partial charge in [-0.3, -0.25) is 14.9 Å². The van der Waals surface area contributed by atoms with E-state index in [1.54, 1.807) is 0 Å². The van der Waals surface area contributed by atoms with E-state index in [-0.39, 0.29) is 33.4 Å². The van der Waals surface area contributed by atoms with Crippen LogP contribution < -0.4 is 5.32 Å². The molecule has 0 aliphatic rings. The summed E-state index contributed by atoms with van der Waals surface area (Å²) in [7, 11) is 0. The number of carbonyl (C=O) groups is 1. The van der Waals surface area contributed by atoms with Crippen LogP contribution in [-0.4, -0.2) is 10.8 Å². The molecule has 0 saturated heterocycles. The van der Waals surface area contributed by atoms with E-state index in [0.717, 1.165) is 18.2 Å². The van der Waals surface area contributed by atoms with Crippen LogP contribution in [0.15, 0.2) is 52.9 Å². The second kappa shape index (κ2) is 7.59. The van der Waals surface area contributed by atoms with Gasteiger partial charge < -0.3 is 9.73 Å². The van der Waals surface area contributed by atoms with Crippen LogP contribution in [0.3, 0.4) is 0 Å². The summed E-state index contributed by atoms with van der Waals surface area (Å²) in [5, 5.41) is 13.6. The molecule has 150 valence electrons. The number of nitro benzene ring substituents is 1. The van der Waals surface area contributed by atoms with Crippen molar-refractivity contribution < 1.29 is 27.3 Å². The fourth-order valence-electron chi connectivity index (χ4n) is 2.73. The molecule has 0 aliphatic carbocycles. The summed E-state index contributed by atoms with van der Waals surface area (Å²) in [6, 6.07) is 9.68. The Bertz CT molecular complexity index is 1110. The lowest BCUT2D eigenvalue weighted by atomic mass is 10.1. The van der Waals surface area contributed by atoms with E-state index < -0.39 is 28.3 Å². The lowest BCUT2D eigenvalue weighted by Gasteiger charge is -2.13. The largest absolute Gasteiger partial charge is 0.460 e. The minimum Gasteiger partial charge on any atom is -0.460 e. The zero-order valence-corrected chi connectivity index (χ0v) is 15.5. The van der Waals surface area contributed by atoms with Gasteiger partial charge >= 0.3 is 6.18 Å². The number of nitrogens with one attached hydrogen (secondary N) is 1. The average Bonchev–Trinajstić information content (AvgIpc) is 3.02. The first-order valence-corrected chi connectivity index (χ1v) is 8.48. The quantitative estimate of drug-likeness (QED) is 0.405. The summed E-state index contributed by atoms with van der Waals surface area (Å²) in [6.45, 7) is 1.43. The number of nitro groups is 1. The highest BCUT2D eigenvalue weighted by atomic mass is 35.5. The number of halogens is 4. The SMILES string of the molecule is Cc1oc(-c2ccc(Cl)cc2[N+](=O)[O-])cc1C(=O)Nc1ccccc1C(F)(F)F. The van der Waals surface area contributed by atoms with E-state index in [1.807, 2.05) is 0 Å². The van der Waals surface area contributed by atoms with Crippen molar-refractivity contribution in [2.75, 3.05) is 5.32 Å². The fourth-order valence-corrected chi connectivity index (χ4v) is 2.90. The van der Waals surface area contributed by atoms with Crippen LogP contribution in [0.25, 0.3) is 11.3 Å². The van der Waals surface area contributed by atoms with E-state index in [0.29, 0.717) is 0 Å². The number of amides is 1. The summed E-state index contributed by atoms with van der Waals surface area (Å²) in [5.41, 5.74) is -1.72. The number of furan rings is 1. The fraction of sp³-hybridized carbons (Fsp3) is 0.105. The number of hydrogen-bond acceptors (Lipinski definition) is 4. The molecule has 29 heavy (non-hydrogen) atoms. The maximum absolute atomic E-state index is 13.1. The van der Waals surface area contributed by atoms with Gasteiger partial charge in [-0.15, -0.1) is 0 Å². The molecule has 3 rings (SSSR count). The molecule has 1 amide bonds. The van der Waals surface area contributed by atoms with Crippen molar-refractivity contribution in [3.63, 3.8) is 0 Å². The number of para-hydroxylation sites is 1. The highest BCUT2D eigenvalue weighted by molar-refractivity contribution is 6.30. The van der Waals surface area contributed by atoms with Gasteiger partial charge in [-0.25, -0.2) is 0 Å². The van der Waals surface area contributed by atoms with Crippen LogP contribution in [0.4, 0.5) is 24.5 Å². The van der Waals surface area contributed by atoms with Crippen LogP contribution in [0.2, 0.25) is 5.02 Å². The number of aryl methyl sites for hydroxylation is 1. The van der Waals surface area contributed by atoms with Crippen LogP contribution in [0, 0.1) is 17.0 Å². The summed E-state index contributed by atoms with van der Waals surface area (Å²) < 4.78 is 44.8. The molecule has 0 unspecified atom stereocenters. The standard InChI is InChI=1S/C19H12ClF3N2O4/c1-10-13(18(26)24-15-5-3-2-4-14(15)19(21,22)23)9-17(29-10)12-7-6-11(20)8-16(12)25(27)28/h2-9H,1H3,(H,24,26). The summed E-state index contributed by atoms with van der Waals surface area (Å²) in [4.78, 5) is 23.1. The first-order chi connectivity index (χ1) is 13.6. The second-order valence-electron chi connectivity index (χ2n) is 6.00. The van der Waals surface area contributed by atoms with Crippen molar-refractivity contribution in [1.29, 1.82) is 0 Å². The van der Waals surface area contributed by atoms with Crippen LogP contribution in [0.5, 0.6) is 0 Å². The maximum atomic E-state index is 13.1. The Kier molecular flexibility index (Phi) is 5.34. The third kappa shape index (κ3) is 4.24. The third-order valence-corrected chi connectivity index (χ3v) is 4.30. The van der Waals surface area contributed by atoms with Gasteiger partial charge in [0.1, 0.15) is 11.5 Å². The molecule has 0 spiro atoms. The van der Waals surface area contributed by atoms with E-state index in [2.05, 4.69) is 5.32 Å². The van der Waals surface area contributed by atoms with Crippen LogP contribution >= 0.6 is 11.6 Å². The minimum absolute atomic E-state index is 0.0140. The molecule has 1 N–H and O–H groups in total. The minimum atomic E-state index is -4.65. The van der Waals surface area contributed by atoms with Gasteiger partial charge in [0.05, 0.1) is 27.3 Å². The maximum Gasteiger partial charge on any atom is 0.418 e. The predicted molar refractivity (Wildman–Crippen MR) is 99.9 cm³/mol. The van der Waals surface area contributed by atoms with Crippen molar-refractivity contribution in [2.24, 2.45) is 0 Å². The molecule has 0 aliphatic heterocycles. The van der Waals surface area contributed by atoms with Crippen molar-refractivity contribution in [3.05, 3.63) is 80.6 Å². The molecule has 0 bridgehead atoms. The van der Waals surface area contributed by atoms with Gasteiger partial charge in [-0.1, -0.05) is 23.7 Å². The molecule has 0 radical (unpaired) electrons. The molecule has 0 saturated carbocycles. The van der Waals surface area contributed by atoms with Gasteiger partial charge in [-0.2, -0.15) is 13.2 Å². The van der Waals surface area contributed by atoms with Crippen molar-refractivity contribution in [3.8, 4) is 11.3 Å². The monoisotopic (exact) mass is 424 g/mol. The Hall–Kier alpha value is -3.33. The molecule has 0 atom stereocenters. The van der Waals surface area contributed by atoms with Crippen molar-refractivity contribution in [1.82, 2.24) is 0 Å². The van der Waals surface area contributed by atoms with E-state index in [1.165, 1.54) is 37.3 Å². The van der Waals surface area contributed by atoms with E-state index >= 15 is 0 Å². The zero-order valence-electron chi connectivity index (χ0n) is 14.7. The second-order valence-corrected chi connectivity index (χ2v) is 6.43. The van der Waals surface area contributed by atoms with E-state index in [9.17, 15) is 28.1 Å². The number of anilines is 1. The predicted octanol–water partition coefficient (Wildman–Crippen LogP) is 6.09. The number of hydrogen-bond donors (Lipinski definition) is 1. The topological polar surface area (TPSA) is 85.4 Å². The molecule has 1 aromatic heterocycles. The first kappa shape index (κ1) is 20.4. The molecular weight excluding hydrogens is 413 g/mol. The van der Waals surface area contributed by atoms with Gasteiger partial charge in [0.15, 0.2) is 0 Å². The van der Waals surface area contributed by atoms with Gasteiger partial charge in [0, 0.05) is 11.1 Å². The summed E-state index contributed by atoms with van der Waals surface area (Å²) >= 11 is 5.79. The van der Waals surface area contributed by atoms with Crippen LogP contribution in [0.1, 0.15) is 21.7 Å². The highest BCUT2D eigenvalue weighted by Gasteiger charge is 2.34. The lowest BCUT2D eigenvalue weighted by molar-refractivity contribution is -0.384. The molecule has 6 nitrogen and oxygen atoms in total. The van der Waals surface area contributed by atoms with Crippen LogP contribution in [-0.2, 0) is 6.18 Å². The molecule has 1 heterocycles. The smallest absolute Gasteiger partial charge is 0.418 e. The Balaban J connectivity index is 1.97. The lowest BCUT2D eigenvalue weighted by Crippen LogP contribution is -2.16. The Morgan fingerprint density at radius 2 is 1.86 bits per heavy atom. The number of alkyl halides is 3. The van der Waals surface area contributed by atoms with Gasteiger partial charge in [-0.05, 0) is 37.3 Å². The van der Waals surface area contributed by atoms with Crippen molar-refractivity contribution in [2.45, 2.75) is 13.1 Å². The number of carbonyl (C=O) groups excluding carboxylic acids is 1. The Morgan fingerprint density at radius 1 is 1.17 bits per heavy atom. The summed E-state index contributed by atoms with van der Waals surface area (Å²) in [5.74, 6) is -0.739. The number of benzene rings is 2. The highest BCUT2D eigenvalue weighted by Crippen LogP contribution is 2.36. The summed E-state index contributed by atoms with van der Waals surface area (Å²) in [6.07, 6.45) is -4.65. The molecular formula is C19H12ClF3N2O4. The molecule has 0 fully saturated rings. The average molecular weight is 425 g/mol. The van der Waals surface area contributed by atoms with Gasteiger partial charge in [0.25, 0.3) is 11.6 Å². The molecule has 10 heteroatoms. The van der Waals surface area contributed by atoms with E-state index in [4.69, 9.17) is 16.0 Å². The molecule has 3 aromatic rings. The third-order valence-electron chi connectivity index (χ3n) is 4.07. The first-order valence-electron chi connectivity index (χ1n) is 8.10. The zero-order chi connectivity index (χ0) is 21.3. The normalized spacial score (nSPS) is 11.3. The molecule has 2 aromatic carbocycles. The number of nitrogens with zero attached hydrogens (tertiary/aromatic N) is 1. The van der Waals surface area contributed by atoms with Crippen molar-refractivity contribution >= 4 is 28.9 Å². The number of rotatable bonds is 4.